The summed E-state index contributed by atoms with van der Waals surface area (Å²) < 4.78 is 47.0. The van der Waals surface area contributed by atoms with Gasteiger partial charge in [0.1, 0.15) is 11.8 Å². The molecule has 5 nitrogen and oxygen atoms in total. The first-order valence-electron chi connectivity index (χ1n) is 9.04. The quantitative estimate of drug-likeness (QED) is 0.634. The Labute approximate surface area is 157 Å². The van der Waals surface area contributed by atoms with Gasteiger partial charge in [0.25, 0.3) is 0 Å². The zero-order valence-corrected chi connectivity index (χ0v) is 15.8. The molecule has 0 radical (unpaired) electrons. The van der Waals surface area contributed by atoms with E-state index in [0.29, 0.717) is 5.56 Å². The highest BCUT2D eigenvalue weighted by Crippen LogP contribution is 2.35. The van der Waals surface area contributed by atoms with E-state index in [-0.39, 0.29) is 11.7 Å². The number of hydrogen-bond donors (Lipinski definition) is 1. The second kappa shape index (κ2) is 8.82. The molecule has 27 heavy (non-hydrogen) atoms. The molecule has 0 aliphatic carbocycles. The number of benzene rings is 1. The average Bonchev–Trinajstić information content (AvgIpc) is 2.78. The second-order valence-corrected chi connectivity index (χ2v) is 7.62. The summed E-state index contributed by atoms with van der Waals surface area (Å²) in [6, 6.07) is 5.08. The molecule has 1 saturated heterocycles. The Balaban J connectivity index is 2.33. The van der Waals surface area contributed by atoms with Gasteiger partial charge in [0.05, 0.1) is 6.04 Å². The van der Waals surface area contributed by atoms with E-state index in [0.717, 1.165) is 32.4 Å². The van der Waals surface area contributed by atoms with Crippen LogP contribution in [0.1, 0.15) is 51.6 Å². The maximum absolute atomic E-state index is 12.6. The van der Waals surface area contributed by atoms with Crippen molar-refractivity contribution in [2.45, 2.75) is 58.0 Å². The monoisotopic (exact) mass is 387 g/mol. The van der Waals surface area contributed by atoms with E-state index >= 15 is 0 Å². The molecule has 1 N–H and O–H groups in total. The Morgan fingerprint density at radius 3 is 2.63 bits per heavy atom. The van der Waals surface area contributed by atoms with Gasteiger partial charge in [-0.05, 0) is 56.0 Å². The number of alkyl halides is 3. The van der Waals surface area contributed by atoms with Gasteiger partial charge in [-0.25, -0.2) is 0 Å². The van der Waals surface area contributed by atoms with Gasteiger partial charge < -0.3 is 19.9 Å². The van der Waals surface area contributed by atoms with Crippen molar-refractivity contribution in [3.63, 3.8) is 0 Å². The summed E-state index contributed by atoms with van der Waals surface area (Å²) in [7, 11) is 0. The molecule has 1 aromatic carbocycles. The third kappa shape index (κ3) is 7.66. The number of aliphatic imine (C=N–C) groups is 1. The van der Waals surface area contributed by atoms with E-state index in [4.69, 9.17) is 4.74 Å². The van der Waals surface area contributed by atoms with Crippen molar-refractivity contribution < 1.29 is 27.8 Å². The van der Waals surface area contributed by atoms with Gasteiger partial charge in [-0.2, -0.15) is 0 Å². The molecule has 2 atom stereocenters. The van der Waals surface area contributed by atoms with Crippen LogP contribution in [0.4, 0.5) is 13.2 Å². The Morgan fingerprint density at radius 2 is 1.96 bits per heavy atom. The van der Waals surface area contributed by atoms with Crippen LogP contribution < -0.4 is 15.2 Å². The molecule has 0 saturated carbocycles. The lowest BCUT2D eigenvalue weighted by molar-refractivity contribution is -0.274. The minimum absolute atomic E-state index is 0.0219. The number of nitrogens with one attached hydrogen (secondary N) is 1. The lowest BCUT2D eigenvalue weighted by Crippen LogP contribution is -2.33. The Bertz CT molecular complexity index is 634. The molecule has 1 aliphatic heterocycles. The molecular weight excluding hydrogens is 361 g/mol. The van der Waals surface area contributed by atoms with Crippen LogP contribution in [-0.4, -0.2) is 31.1 Å². The number of nitrogens with zero attached hydrogens (tertiary/aromatic N) is 1. The van der Waals surface area contributed by atoms with Gasteiger partial charge in [0.15, 0.2) is 0 Å². The van der Waals surface area contributed by atoms with Crippen LogP contribution in [0.3, 0.4) is 0 Å². The summed E-state index contributed by atoms with van der Waals surface area (Å²) in [6.07, 6.45) is -3.01. The fourth-order valence-corrected chi connectivity index (χ4v) is 3.11. The molecule has 0 spiro atoms. The normalized spacial score (nSPS) is 20.7. The number of hydrogen-bond acceptors (Lipinski definition) is 5. The van der Waals surface area contributed by atoms with E-state index in [1.807, 2.05) is 0 Å². The van der Waals surface area contributed by atoms with Crippen molar-refractivity contribution in [3.05, 3.63) is 29.8 Å². The standard InChI is InChI=1S/C19H27F3N2O3/c1-18(2,3)27-17(25)24-16(13-7-5-10-23-11-9-13)14-6-4-8-15(12-14)26-19(20,21)22/h4,6,8,12-13,16,23H,5,7,9-11H2,1-3H3,(H,24,25)/p-1. The minimum Gasteiger partial charge on any atom is -0.595 e. The van der Waals surface area contributed by atoms with Crippen molar-refractivity contribution in [1.82, 2.24) is 5.32 Å². The van der Waals surface area contributed by atoms with Gasteiger partial charge in [0, 0.05) is 5.60 Å². The molecule has 1 fully saturated rings. The predicted molar refractivity (Wildman–Crippen MR) is 94.3 cm³/mol. The molecule has 2 unspecified atom stereocenters. The average molecular weight is 387 g/mol. The van der Waals surface area contributed by atoms with Crippen LogP contribution >= 0.6 is 0 Å². The van der Waals surface area contributed by atoms with Gasteiger partial charge in [-0.1, -0.05) is 32.9 Å². The number of rotatable bonds is 4. The Morgan fingerprint density at radius 1 is 1.22 bits per heavy atom. The van der Waals surface area contributed by atoms with Gasteiger partial charge in [-0.3, -0.25) is 4.99 Å². The summed E-state index contributed by atoms with van der Waals surface area (Å²) in [6.45, 7) is 6.85. The third-order valence-electron chi connectivity index (χ3n) is 4.14. The van der Waals surface area contributed by atoms with Crippen molar-refractivity contribution in [1.29, 1.82) is 0 Å². The fraction of sp³-hybridized carbons (Fsp3) is 0.632. The lowest BCUT2D eigenvalue weighted by atomic mass is 9.87. The van der Waals surface area contributed by atoms with Gasteiger partial charge in [0.2, 0.25) is 0 Å². The first-order valence-corrected chi connectivity index (χ1v) is 9.04. The number of halogens is 3. The zero-order chi connectivity index (χ0) is 20.1. The van der Waals surface area contributed by atoms with Crippen molar-refractivity contribution in [2.75, 3.05) is 13.1 Å². The molecule has 8 heteroatoms. The summed E-state index contributed by atoms with van der Waals surface area (Å²) >= 11 is 0. The molecule has 152 valence electrons. The molecule has 1 aromatic rings. The highest BCUT2D eigenvalue weighted by atomic mass is 19.4. The first-order chi connectivity index (χ1) is 12.5. The van der Waals surface area contributed by atoms with Crippen molar-refractivity contribution in [3.8, 4) is 5.75 Å². The molecular formula is C19H26F3N2O3-. The molecule has 0 aromatic heterocycles. The molecule has 1 heterocycles. The van der Waals surface area contributed by atoms with Crippen molar-refractivity contribution in [2.24, 2.45) is 10.9 Å². The van der Waals surface area contributed by atoms with E-state index in [2.05, 4.69) is 15.0 Å². The van der Waals surface area contributed by atoms with Crippen LogP contribution in [0, 0.1) is 5.92 Å². The van der Waals surface area contributed by atoms with E-state index in [1.165, 1.54) is 18.2 Å². The summed E-state index contributed by atoms with van der Waals surface area (Å²) in [5.74, 6) is -0.301. The van der Waals surface area contributed by atoms with Gasteiger partial charge in [-0.15, -0.1) is 13.2 Å². The molecule has 0 amide bonds. The first kappa shape index (κ1) is 21.3. The van der Waals surface area contributed by atoms with Crippen molar-refractivity contribution >= 4 is 6.08 Å². The summed E-state index contributed by atoms with van der Waals surface area (Å²) in [5, 5.41) is 15.6. The van der Waals surface area contributed by atoms with E-state index in [1.54, 1.807) is 26.8 Å². The van der Waals surface area contributed by atoms with Crippen LogP contribution in [0.25, 0.3) is 0 Å². The Hall–Kier alpha value is -1.96. The summed E-state index contributed by atoms with van der Waals surface area (Å²) in [5.41, 5.74) is -0.188. The maximum Gasteiger partial charge on any atom is 0.573 e. The zero-order valence-electron chi connectivity index (χ0n) is 15.8. The maximum atomic E-state index is 12.6. The van der Waals surface area contributed by atoms with E-state index < -0.39 is 24.1 Å². The second-order valence-electron chi connectivity index (χ2n) is 7.62. The largest absolute Gasteiger partial charge is 0.595 e. The van der Waals surface area contributed by atoms with Crippen LogP contribution in [0.5, 0.6) is 5.75 Å². The minimum atomic E-state index is -4.78. The lowest BCUT2D eigenvalue weighted by Gasteiger charge is -2.32. The van der Waals surface area contributed by atoms with Gasteiger partial charge >= 0.3 is 6.36 Å². The Kier molecular flexibility index (Phi) is 6.97. The van der Waals surface area contributed by atoms with Crippen LogP contribution in [0.15, 0.2) is 29.3 Å². The predicted octanol–water partition coefficient (Wildman–Crippen LogP) is 3.55. The topological polar surface area (TPSA) is 65.9 Å². The smallest absolute Gasteiger partial charge is 0.573 e. The van der Waals surface area contributed by atoms with Crippen LogP contribution in [0.2, 0.25) is 0 Å². The SMILES string of the molecule is CC(C)(C)OC([O-])=NC(c1cccc(OC(F)(F)F)c1)C1CCCNCC1. The molecule has 1 aliphatic rings. The molecule has 0 bridgehead atoms. The summed E-state index contributed by atoms with van der Waals surface area (Å²) in [4.78, 5) is 4.21. The highest BCUT2D eigenvalue weighted by Gasteiger charge is 2.32. The fourth-order valence-electron chi connectivity index (χ4n) is 3.11. The van der Waals surface area contributed by atoms with E-state index in [9.17, 15) is 18.3 Å². The molecule has 2 rings (SSSR count). The van der Waals surface area contributed by atoms with Crippen LogP contribution in [-0.2, 0) is 4.74 Å². The third-order valence-corrected chi connectivity index (χ3v) is 4.14. The number of ether oxygens (including phenoxy) is 2. The highest BCUT2D eigenvalue weighted by molar-refractivity contribution is 5.62.